The van der Waals surface area contributed by atoms with Gasteiger partial charge >= 0.3 is 6.18 Å². The number of thiocarbonyl (C=S) groups is 1. The van der Waals surface area contributed by atoms with Gasteiger partial charge in [0.15, 0.2) is 5.11 Å². The summed E-state index contributed by atoms with van der Waals surface area (Å²) in [6.07, 6.45) is -4.22. The standard InChI is InChI=1S/C26H22F3N3O2S/c27-26(28,29)19-10-7-13-21(16-19)32-24(34)22(17-23(33)30-20-11-5-2-6-12-20)31(25(32)35)15-14-18-8-3-1-4-9-18/h1-13,16,22H,14-15,17H2,(H,30,33)/t22-/m1/s1. The van der Waals surface area contributed by atoms with Crippen LogP contribution in [-0.2, 0) is 22.2 Å². The van der Waals surface area contributed by atoms with Crippen molar-refractivity contribution in [1.82, 2.24) is 4.90 Å². The van der Waals surface area contributed by atoms with Crippen LogP contribution in [0, 0.1) is 0 Å². The first-order valence-corrected chi connectivity index (χ1v) is 11.4. The second-order valence-corrected chi connectivity index (χ2v) is 8.43. The summed E-state index contributed by atoms with van der Waals surface area (Å²) in [5.41, 5.74) is 0.723. The zero-order valence-corrected chi connectivity index (χ0v) is 19.4. The molecule has 0 aromatic heterocycles. The van der Waals surface area contributed by atoms with E-state index >= 15 is 0 Å². The Hall–Kier alpha value is -3.72. The number of benzene rings is 3. The summed E-state index contributed by atoms with van der Waals surface area (Å²) in [5.74, 6) is -0.932. The van der Waals surface area contributed by atoms with E-state index < -0.39 is 29.6 Å². The van der Waals surface area contributed by atoms with E-state index in [0.717, 1.165) is 22.6 Å². The van der Waals surface area contributed by atoms with Crippen LogP contribution in [0.4, 0.5) is 24.5 Å². The molecule has 0 spiro atoms. The van der Waals surface area contributed by atoms with Crippen LogP contribution in [-0.4, -0.2) is 34.4 Å². The highest BCUT2D eigenvalue weighted by molar-refractivity contribution is 7.80. The Morgan fingerprint density at radius 1 is 0.943 bits per heavy atom. The van der Waals surface area contributed by atoms with Crippen molar-refractivity contribution in [3.63, 3.8) is 0 Å². The van der Waals surface area contributed by atoms with Gasteiger partial charge in [0.2, 0.25) is 5.91 Å². The lowest BCUT2D eigenvalue weighted by Gasteiger charge is -2.24. The molecule has 1 fully saturated rings. The van der Waals surface area contributed by atoms with Crippen molar-refractivity contribution in [2.75, 3.05) is 16.8 Å². The molecule has 180 valence electrons. The predicted molar refractivity (Wildman–Crippen MR) is 132 cm³/mol. The number of nitrogens with zero attached hydrogens (tertiary/aromatic N) is 2. The van der Waals surface area contributed by atoms with Gasteiger partial charge in [0, 0.05) is 12.2 Å². The molecule has 0 unspecified atom stereocenters. The molecule has 0 radical (unpaired) electrons. The Bertz CT molecular complexity index is 1220. The third kappa shape index (κ3) is 5.68. The fourth-order valence-electron chi connectivity index (χ4n) is 3.95. The molecule has 1 atom stereocenters. The topological polar surface area (TPSA) is 52.7 Å². The van der Waals surface area contributed by atoms with Gasteiger partial charge in [-0.2, -0.15) is 13.2 Å². The number of rotatable bonds is 7. The van der Waals surface area contributed by atoms with Gasteiger partial charge in [0.05, 0.1) is 17.7 Å². The molecule has 2 amide bonds. The first-order valence-electron chi connectivity index (χ1n) is 10.9. The molecule has 1 aliphatic rings. The molecule has 0 bridgehead atoms. The van der Waals surface area contributed by atoms with E-state index in [-0.39, 0.29) is 17.2 Å². The Labute approximate surface area is 206 Å². The first-order chi connectivity index (χ1) is 16.7. The highest BCUT2D eigenvalue weighted by atomic mass is 32.1. The maximum absolute atomic E-state index is 13.4. The third-order valence-corrected chi connectivity index (χ3v) is 6.09. The van der Waals surface area contributed by atoms with Crippen molar-refractivity contribution in [3.05, 3.63) is 96.1 Å². The lowest BCUT2D eigenvalue weighted by Crippen LogP contribution is -2.39. The summed E-state index contributed by atoms with van der Waals surface area (Å²) in [4.78, 5) is 28.9. The number of alkyl halides is 3. The summed E-state index contributed by atoms with van der Waals surface area (Å²) in [7, 11) is 0. The van der Waals surface area contributed by atoms with Gasteiger partial charge in [-0.15, -0.1) is 0 Å². The van der Waals surface area contributed by atoms with E-state index in [4.69, 9.17) is 12.2 Å². The van der Waals surface area contributed by atoms with E-state index in [0.29, 0.717) is 18.7 Å². The predicted octanol–water partition coefficient (Wildman–Crippen LogP) is 5.28. The molecule has 5 nitrogen and oxygen atoms in total. The Kier molecular flexibility index (Phi) is 7.16. The summed E-state index contributed by atoms with van der Waals surface area (Å²) >= 11 is 5.55. The molecule has 9 heteroatoms. The van der Waals surface area contributed by atoms with Gasteiger partial charge in [0.25, 0.3) is 5.91 Å². The maximum atomic E-state index is 13.4. The number of carbonyl (C=O) groups excluding carboxylic acids is 2. The van der Waals surface area contributed by atoms with Crippen LogP contribution >= 0.6 is 12.2 Å². The highest BCUT2D eigenvalue weighted by Crippen LogP contribution is 2.34. The summed E-state index contributed by atoms with van der Waals surface area (Å²) in [5, 5.41) is 2.83. The van der Waals surface area contributed by atoms with E-state index in [9.17, 15) is 22.8 Å². The minimum atomic E-state index is -4.57. The molecule has 0 saturated carbocycles. The molecule has 1 aliphatic heterocycles. The van der Waals surface area contributed by atoms with Crippen LogP contribution in [0.3, 0.4) is 0 Å². The van der Waals surface area contributed by atoms with Crippen molar-refractivity contribution < 1.29 is 22.8 Å². The molecule has 4 rings (SSSR count). The van der Waals surface area contributed by atoms with E-state index in [1.165, 1.54) is 12.1 Å². The molecule has 3 aromatic rings. The van der Waals surface area contributed by atoms with Crippen LogP contribution in [0.1, 0.15) is 17.5 Å². The van der Waals surface area contributed by atoms with Gasteiger partial charge < -0.3 is 10.2 Å². The van der Waals surface area contributed by atoms with Gasteiger partial charge in [0.1, 0.15) is 6.04 Å². The SMILES string of the molecule is O=C(C[C@@H]1C(=O)N(c2cccc(C(F)(F)F)c2)C(=S)N1CCc1ccccc1)Nc1ccccc1. The molecule has 1 N–H and O–H groups in total. The number of hydrogen-bond acceptors (Lipinski definition) is 3. The van der Waals surface area contributed by atoms with Gasteiger partial charge in [-0.05, 0) is 54.5 Å². The molecule has 0 aliphatic carbocycles. The Morgan fingerprint density at radius 3 is 2.26 bits per heavy atom. The molecular formula is C26H22F3N3O2S. The Balaban J connectivity index is 1.60. The number of nitrogens with one attached hydrogen (secondary N) is 1. The minimum absolute atomic E-state index is 0.0190. The smallest absolute Gasteiger partial charge is 0.336 e. The average molecular weight is 498 g/mol. The lowest BCUT2D eigenvalue weighted by molar-refractivity contribution is -0.137. The van der Waals surface area contributed by atoms with E-state index in [1.54, 1.807) is 29.2 Å². The lowest BCUT2D eigenvalue weighted by atomic mass is 10.1. The molecule has 1 heterocycles. The number of halogens is 3. The van der Waals surface area contributed by atoms with Crippen molar-refractivity contribution in [2.45, 2.75) is 25.1 Å². The monoisotopic (exact) mass is 497 g/mol. The summed E-state index contributed by atoms with van der Waals surface area (Å²) < 4.78 is 39.9. The number of para-hydroxylation sites is 1. The molecule has 35 heavy (non-hydrogen) atoms. The van der Waals surface area contributed by atoms with Crippen molar-refractivity contribution in [2.24, 2.45) is 0 Å². The van der Waals surface area contributed by atoms with Crippen LogP contribution in [0.5, 0.6) is 0 Å². The van der Waals surface area contributed by atoms with Crippen LogP contribution in [0.2, 0.25) is 0 Å². The molecule has 3 aromatic carbocycles. The summed E-state index contributed by atoms with van der Waals surface area (Å²) in [6.45, 7) is 0.327. The molecular weight excluding hydrogens is 475 g/mol. The van der Waals surface area contributed by atoms with Gasteiger partial charge in [-0.3, -0.25) is 14.5 Å². The van der Waals surface area contributed by atoms with Crippen LogP contribution < -0.4 is 10.2 Å². The minimum Gasteiger partial charge on any atom is -0.336 e. The second kappa shape index (κ2) is 10.3. The zero-order chi connectivity index (χ0) is 25.0. The summed E-state index contributed by atoms with van der Waals surface area (Å²) in [6, 6.07) is 21.9. The van der Waals surface area contributed by atoms with Crippen LogP contribution in [0.25, 0.3) is 0 Å². The Morgan fingerprint density at radius 2 is 1.60 bits per heavy atom. The van der Waals surface area contributed by atoms with Crippen molar-refractivity contribution in [1.29, 1.82) is 0 Å². The van der Waals surface area contributed by atoms with E-state index in [1.807, 2.05) is 36.4 Å². The fraction of sp³-hybridized carbons (Fsp3) is 0.192. The first kappa shape index (κ1) is 24.4. The normalized spacial score (nSPS) is 16.0. The van der Waals surface area contributed by atoms with Crippen molar-refractivity contribution >= 4 is 40.5 Å². The van der Waals surface area contributed by atoms with Crippen LogP contribution in [0.15, 0.2) is 84.9 Å². The average Bonchev–Trinajstić information content (AvgIpc) is 3.07. The third-order valence-electron chi connectivity index (χ3n) is 5.67. The fourth-order valence-corrected chi connectivity index (χ4v) is 4.36. The van der Waals surface area contributed by atoms with Gasteiger partial charge in [-0.1, -0.05) is 54.6 Å². The number of amides is 2. The second-order valence-electron chi connectivity index (χ2n) is 8.07. The highest BCUT2D eigenvalue weighted by Gasteiger charge is 2.44. The largest absolute Gasteiger partial charge is 0.416 e. The van der Waals surface area contributed by atoms with Gasteiger partial charge in [-0.25, -0.2) is 0 Å². The quantitative estimate of drug-likeness (QED) is 0.452. The number of anilines is 2. The zero-order valence-electron chi connectivity index (χ0n) is 18.5. The number of carbonyl (C=O) groups is 2. The number of hydrogen-bond donors (Lipinski definition) is 1. The van der Waals surface area contributed by atoms with Crippen molar-refractivity contribution in [3.8, 4) is 0 Å². The molecule has 1 saturated heterocycles. The maximum Gasteiger partial charge on any atom is 0.416 e. The van der Waals surface area contributed by atoms with E-state index in [2.05, 4.69) is 5.32 Å².